The lowest BCUT2D eigenvalue weighted by Crippen LogP contribution is -2.43. The average Bonchev–Trinajstić information content (AvgIpc) is 3.42. The molecule has 138 valence electrons. The maximum atomic E-state index is 12.1. The summed E-state index contributed by atoms with van der Waals surface area (Å²) in [4.78, 5) is 18.4. The molecule has 0 heterocycles. The molecule has 1 saturated carbocycles. The summed E-state index contributed by atoms with van der Waals surface area (Å²) in [6.45, 7) is 3.50. The first-order chi connectivity index (χ1) is 12.1. The molecule has 2 rings (SSSR count). The molecule has 0 unspecified atom stereocenters. The fourth-order valence-corrected chi connectivity index (χ4v) is 2.71. The van der Waals surface area contributed by atoms with Gasteiger partial charge in [0.1, 0.15) is 0 Å². The van der Waals surface area contributed by atoms with Crippen LogP contribution in [0.2, 0.25) is 0 Å². The van der Waals surface area contributed by atoms with Crippen molar-refractivity contribution in [3.05, 3.63) is 34.3 Å². The maximum absolute atomic E-state index is 12.1. The molecule has 6 nitrogen and oxygen atoms in total. The highest BCUT2D eigenvalue weighted by atomic mass is 79.9. The van der Waals surface area contributed by atoms with E-state index < -0.39 is 0 Å². The highest BCUT2D eigenvalue weighted by Crippen LogP contribution is 2.28. The van der Waals surface area contributed by atoms with E-state index in [1.165, 1.54) is 12.8 Å². The highest BCUT2D eigenvalue weighted by Gasteiger charge is 2.21. The second kappa shape index (κ2) is 10.4. The lowest BCUT2D eigenvalue weighted by molar-refractivity contribution is 0.0954. The summed E-state index contributed by atoms with van der Waals surface area (Å²) in [5, 5.41) is 6.14. The molecule has 0 bridgehead atoms. The number of benzene rings is 1. The van der Waals surface area contributed by atoms with Crippen LogP contribution in [0.25, 0.3) is 0 Å². The van der Waals surface area contributed by atoms with Crippen LogP contribution < -0.4 is 10.6 Å². The number of halogens is 1. The summed E-state index contributed by atoms with van der Waals surface area (Å²) in [5.41, 5.74) is 0.642. The Bertz CT molecular complexity index is 590. The second-order valence-corrected chi connectivity index (χ2v) is 7.10. The Labute approximate surface area is 158 Å². The van der Waals surface area contributed by atoms with Crippen molar-refractivity contribution in [2.45, 2.75) is 12.8 Å². The Morgan fingerprint density at radius 2 is 2.12 bits per heavy atom. The van der Waals surface area contributed by atoms with E-state index in [2.05, 4.69) is 31.6 Å². The van der Waals surface area contributed by atoms with Crippen LogP contribution in [0.3, 0.4) is 0 Å². The Kier molecular flexibility index (Phi) is 8.21. The third kappa shape index (κ3) is 7.44. The van der Waals surface area contributed by atoms with Crippen molar-refractivity contribution in [1.29, 1.82) is 0 Å². The second-order valence-electron chi connectivity index (χ2n) is 6.18. The van der Waals surface area contributed by atoms with E-state index in [4.69, 9.17) is 4.74 Å². The van der Waals surface area contributed by atoms with Crippen molar-refractivity contribution in [3.8, 4) is 0 Å². The van der Waals surface area contributed by atoms with Crippen LogP contribution in [0.4, 0.5) is 0 Å². The Balaban J connectivity index is 1.61. The van der Waals surface area contributed by atoms with Gasteiger partial charge in [0.05, 0.1) is 6.61 Å². The number of hydrogen-bond acceptors (Lipinski definition) is 3. The minimum atomic E-state index is -0.0834. The first-order valence-electron chi connectivity index (χ1n) is 8.63. The molecule has 2 N–H and O–H groups in total. The van der Waals surface area contributed by atoms with Gasteiger partial charge in [-0.25, -0.2) is 0 Å². The monoisotopic (exact) mass is 410 g/mol. The average molecular weight is 411 g/mol. The zero-order valence-corrected chi connectivity index (χ0v) is 16.5. The van der Waals surface area contributed by atoms with Gasteiger partial charge in [0, 0.05) is 50.4 Å². The van der Waals surface area contributed by atoms with E-state index in [1.54, 1.807) is 19.2 Å². The van der Waals surface area contributed by atoms with Gasteiger partial charge < -0.3 is 20.3 Å². The van der Waals surface area contributed by atoms with Gasteiger partial charge in [0.15, 0.2) is 5.96 Å². The van der Waals surface area contributed by atoms with Crippen molar-refractivity contribution >= 4 is 27.8 Å². The van der Waals surface area contributed by atoms with Gasteiger partial charge in [-0.15, -0.1) is 0 Å². The summed E-state index contributed by atoms with van der Waals surface area (Å²) >= 11 is 3.37. The van der Waals surface area contributed by atoms with E-state index in [1.807, 2.05) is 24.1 Å². The normalized spacial score (nSPS) is 14.3. The standard InChI is InChI=1S/C18H27BrN4O2/c1-20-18(23(2)10-11-25-13-14-6-7-14)22-9-8-21-17(24)15-4-3-5-16(19)12-15/h3-5,12,14H,6-11,13H2,1-2H3,(H,20,22)(H,21,24). The topological polar surface area (TPSA) is 66.0 Å². The van der Waals surface area contributed by atoms with Gasteiger partial charge in [0.25, 0.3) is 5.91 Å². The fourth-order valence-electron chi connectivity index (χ4n) is 2.31. The zero-order chi connectivity index (χ0) is 18.1. The van der Waals surface area contributed by atoms with Gasteiger partial charge >= 0.3 is 0 Å². The molecule has 0 aliphatic heterocycles. The Morgan fingerprint density at radius 3 is 2.80 bits per heavy atom. The number of carbonyl (C=O) groups excluding carboxylic acids is 1. The Hall–Kier alpha value is -1.60. The third-order valence-corrected chi connectivity index (χ3v) is 4.47. The van der Waals surface area contributed by atoms with Crippen molar-refractivity contribution in [1.82, 2.24) is 15.5 Å². The molecule has 0 aromatic heterocycles. The number of hydrogen-bond donors (Lipinski definition) is 2. The number of nitrogens with zero attached hydrogens (tertiary/aromatic N) is 2. The van der Waals surface area contributed by atoms with Crippen molar-refractivity contribution in [2.75, 3.05) is 46.9 Å². The predicted octanol–water partition coefficient (Wildman–Crippen LogP) is 2.11. The predicted molar refractivity (Wildman–Crippen MR) is 104 cm³/mol. The minimum absolute atomic E-state index is 0.0834. The molecule has 0 saturated heterocycles. The molecule has 1 aromatic rings. The number of ether oxygens (including phenoxy) is 1. The van der Waals surface area contributed by atoms with E-state index in [0.29, 0.717) is 25.3 Å². The first kappa shape index (κ1) is 19.7. The number of amides is 1. The van der Waals surface area contributed by atoms with Crippen LogP contribution in [0.5, 0.6) is 0 Å². The summed E-state index contributed by atoms with van der Waals surface area (Å²) in [7, 11) is 3.74. The van der Waals surface area contributed by atoms with Crippen LogP contribution in [0, 0.1) is 5.92 Å². The molecule has 1 aliphatic carbocycles. The summed E-state index contributed by atoms with van der Waals surface area (Å²) in [6.07, 6.45) is 2.62. The van der Waals surface area contributed by atoms with Crippen molar-refractivity contribution in [2.24, 2.45) is 10.9 Å². The summed E-state index contributed by atoms with van der Waals surface area (Å²) < 4.78 is 6.55. The number of aliphatic imine (C=N–C) groups is 1. The van der Waals surface area contributed by atoms with Crippen LogP contribution >= 0.6 is 15.9 Å². The molecule has 1 fully saturated rings. The smallest absolute Gasteiger partial charge is 0.251 e. The van der Waals surface area contributed by atoms with E-state index in [9.17, 15) is 4.79 Å². The summed E-state index contributed by atoms with van der Waals surface area (Å²) in [6, 6.07) is 7.34. The minimum Gasteiger partial charge on any atom is -0.379 e. The van der Waals surface area contributed by atoms with Crippen LogP contribution in [-0.4, -0.2) is 63.7 Å². The maximum Gasteiger partial charge on any atom is 0.251 e. The largest absolute Gasteiger partial charge is 0.379 e. The Morgan fingerprint density at radius 1 is 1.36 bits per heavy atom. The lowest BCUT2D eigenvalue weighted by atomic mass is 10.2. The molecular weight excluding hydrogens is 384 g/mol. The van der Waals surface area contributed by atoms with Gasteiger partial charge in [-0.05, 0) is 37.0 Å². The van der Waals surface area contributed by atoms with Gasteiger partial charge in [-0.2, -0.15) is 0 Å². The summed E-state index contributed by atoms with van der Waals surface area (Å²) in [5.74, 6) is 1.50. The van der Waals surface area contributed by atoms with Crippen LogP contribution in [0.15, 0.2) is 33.7 Å². The molecule has 0 spiro atoms. The number of nitrogens with one attached hydrogen (secondary N) is 2. The molecule has 0 atom stereocenters. The number of guanidine groups is 1. The molecule has 1 aliphatic rings. The molecule has 1 aromatic carbocycles. The number of likely N-dealkylation sites (N-methyl/N-ethyl adjacent to an activating group) is 1. The van der Waals surface area contributed by atoms with E-state index >= 15 is 0 Å². The molecule has 0 radical (unpaired) electrons. The molecule has 1 amide bonds. The SMILES string of the molecule is CN=C(NCCNC(=O)c1cccc(Br)c1)N(C)CCOCC1CC1. The van der Waals surface area contributed by atoms with Crippen LogP contribution in [0.1, 0.15) is 23.2 Å². The van der Waals surface area contributed by atoms with E-state index in [-0.39, 0.29) is 5.91 Å². The quantitative estimate of drug-likeness (QED) is 0.371. The zero-order valence-electron chi connectivity index (χ0n) is 14.9. The first-order valence-corrected chi connectivity index (χ1v) is 9.42. The van der Waals surface area contributed by atoms with Gasteiger partial charge in [-0.3, -0.25) is 9.79 Å². The molecule has 25 heavy (non-hydrogen) atoms. The lowest BCUT2D eigenvalue weighted by Gasteiger charge is -2.22. The van der Waals surface area contributed by atoms with Gasteiger partial charge in [0.2, 0.25) is 0 Å². The number of carbonyl (C=O) groups is 1. The molecular formula is C18H27BrN4O2. The van der Waals surface area contributed by atoms with Crippen molar-refractivity contribution < 1.29 is 9.53 Å². The fraction of sp³-hybridized carbons (Fsp3) is 0.556. The van der Waals surface area contributed by atoms with Crippen molar-refractivity contribution in [3.63, 3.8) is 0 Å². The molecule has 7 heteroatoms. The highest BCUT2D eigenvalue weighted by molar-refractivity contribution is 9.10. The van der Waals surface area contributed by atoms with Crippen LogP contribution in [-0.2, 0) is 4.74 Å². The van der Waals surface area contributed by atoms with Gasteiger partial charge in [-0.1, -0.05) is 22.0 Å². The van der Waals surface area contributed by atoms with E-state index in [0.717, 1.165) is 29.5 Å². The number of rotatable bonds is 9. The third-order valence-electron chi connectivity index (χ3n) is 3.98.